The Balaban J connectivity index is 1.97. The van der Waals surface area contributed by atoms with Crippen LogP contribution in [0.25, 0.3) is 0 Å². The lowest BCUT2D eigenvalue weighted by Gasteiger charge is -2.17. The highest BCUT2D eigenvalue weighted by Gasteiger charge is 2.20. The van der Waals surface area contributed by atoms with Gasteiger partial charge in [-0.1, -0.05) is 53.5 Å². The highest BCUT2D eigenvalue weighted by Crippen LogP contribution is 2.22. The summed E-state index contributed by atoms with van der Waals surface area (Å²) in [7, 11) is 0. The first kappa shape index (κ1) is 16.8. The van der Waals surface area contributed by atoms with Crippen molar-refractivity contribution in [2.75, 3.05) is 5.32 Å². The monoisotopic (exact) mass is 337 g/mol. The van der Waals surface area contributed by atoms with Gasteiger partial charge in [-0.05, 0) is 32.0 Å². The Bertz CT molecular complexity index is 626. The fraction of sp³-hybridized carbons (Fsp3) is 0.235. The Morgan fingerprint density at radius 3 is 2.23 bits per heavy atom. The summed E-state index contributed by atoms with van der Waals surface area (Å²) in [4.78, 5) is 12.3. The summed E-state index contributed by atoms with van der Waals surface area (Å²) in [5.74, 6) is -0.0823. The van der Waals surface area contributed by atoms with E-state index in [1.807, 2.05) is 30.4 Å². The SMILES string of the molecule is C[C@H]([NH2+][C@@H](C)c1ccccc1)C(=O)Nc1cc(Cl)cc(Cl)c1. The van der Waals surface area contributed by atoms with Gasteiger partial charge in [0.1, 0.15) is 6.04 Å². The molecule has 0 aliphatic carbocycles. The minimum absolute atomic E-state index is 0.0823. The molecule has 0 bridgehead atoms. The molecule has 22 heavy (non-hydrogen) atoms. The van der Waals surface area contributed by atoms with E-state index in [-0.39, 0.29) is 18.0 Å². The van der Waals surface area contributed by atoms with E-state index in [0.29, 0.717) is 15.7 Å². The fourth-order valence-electron chi connectivity index (χ4n) is 2.27. The lowest BCUT2D eigenvalue weighted by molar-refractivity contribution is -0.709. The third-order valence-electron chi connectivity index (χ3n) is 3.45. The van der Waals surface area contributed by atoms with Crippen LogP contribution in [0.4, 0.5) is 5.69 Å². The molecule has 0 heterocycles. The number of amides is 1. The Morgan fingerprint density at radius 2 is 1.64 bits per heavy atom. The maximum Gasteiger partial charge on any atom is 0.282 e. The normalized spacial score (nSPS) is 13.5. The number of quaternary nitrogens is 1. The zero-order valence-corrected chi connectivity index (χ0v) is 14.0. The van der Waals surface area contributed by atoms with E-state index in [2.05, 4.69) is 24.4 Å². The van der Waals surface area contributed by atoms with E-state index >= 15 is 0 Å². The topological polar surface area (TPSA) is 45.7 Å². The molecule has 3 N–H and O–H groups in total. The Labute approximate surface area is 140 Å². The molecule has 0 saturated carbocycles. The van der Waals surface area contributed by atoms with Crippen LogP contribution < -0.4 is 10.6 Å². The zero-order chi connectivity index (χ0) is 16.1. The van der Waals surface area contributed by atoms with Gasteiger partial charge in [-0.15, -0.1) is 0 Å². The number of carbonyl (C=O) groups excluding carboxylic acids is 1. The first-order valence-electron chi connectivity index (χ1n) is 7.12. The molecule has 2 rings (SSSR count). The average Bonchev–Trinajstić information content (AvgIpc) is 2.46. The summed E-state index contributed by atoms with van der Waals surface area (Å²) in [5.41, 5.74) is 1.79. The van der Waals surface area contributed by atoms with Gasteiger partial charge in [0.05, 0.1) is 0 Å². The number of carbonyl (C=O) groups is 1. The van der Waals surface area contributed by atoms with Gasteiger partial charge < -0.3 is 10.6 Å². The molecule has 0 fully saturated rings. The number of nitrogens with two attached hydrogens (primary N) is 1. The molecule has 3 nitrogen and oxygen atoms in total. The molecule has 0 radical (unpaired) electrons. The summed E-state index contributed by atoms with van der Waals surface area (Å²) in [6, 6.07) is 15.1. The van der Waals surface area contributed by atoms with Crippen molar-refractivity contribution in [3.8, 4) is 0 Å². The van der Waals surface area contributed by atoms with Gasteiger partial charge in [-0.3, -0.25) is 4.79 Å². The maximum absolute atomic E-state index is 12.3. The van der Waals surface area contributed by atoms with Crippen LogP contribution in [0.3, 0.4) is 0 Å². The lowest BCUT2D eigenvalue weighted by atomic mass is 10.1. The van der Waals surface area contributed by atoms with Gasteiger partial charge in [0, 0.05) is 21.3 Å². The van der Waals surface area contributed by atoms with Crippen LogP contribution in [-0.4, -0.2) is 11.9 Å². The predicted octanol–water partition coefficient (Wildman–Crippen LogP) is 3.65. The van der Waals surface area contributed by atoms with Crippen molar-refractivity contribution >= 4 is 34.8 Å². The van der Waals surface area contributed by atoms with Crippen LogP contribution in [-0.2, 0) is 4.79 Å². The Morgan fingerprint density at radius 1 is 1.05 bits per heavy atom. The standard InChI is InChI=1S/C17H18Cl2N2O/c1-11(13-6-4-3-5-7-13)20-12(2)17(22)21-16-9-14(18)8-15(19)10-16/h3-12,20H,1-2H3,(H,21,22)/p+1/t11-,12-/m0/s1. The quantitative estimate of drug-likeness (QED) is 0.859. The van der Waals surface area contributed by atoms with Gasteiger partial charge in [-0.25, -0.2) is 0 Å². The van der Waals surface area contributed by atoms with Gasteiger partial charge in [0.15, 0.2) is 6.04 Å². The molecule has 2 atom stereocenters. The van der Waals surface area contributed by atoms with Crippen molar-refractivity contribution in [3.63, 3.8) is 0 Å². The molecule has 0 spiro atoms. The van der Waals surface area contributed by atoms with Crippen LogP contribution in [0.2, 0.25) is 10.0 Å². The molecule has 0 saturated heterocycles. The highest BCUT2D eigenvalue weighted by atomic mass is 35.5. The van der Waals surface area contributed by atoms with E-state index < -0.39 is 0 Å². The molecule has 0 aliphatic heterocycles. The number of anilines is 1. The third kappa shape index (κ3) is 4.73. The van der Waals surface area contributed by atoms with Crippen molar-refractivity contribution in [1.82, 2.24) is 0 Å². The fourth-order valence-corrected chi connectivity index (χ4v) is 2.80. The number of hydrogen-bond donors (Lipinski definition) is 2. The van der Waals surface area contributed by atoms with Gasteiger partial charge in [0.2, 0.25) is 0 Å². The number of hydrogen-bond acceptors (Lipinski definition) is 1. The molecule has 5 heteroatoms. The van der Waals surface area contributed by atoms with Crippen LogP contribution >= 0.6 is 23.2 Å². The first-order valence-corrected chi connectivity index (χ1v) is 7.88. The Kier molecular flexibility index (Phi) is 5.83. The van der Waals surface area contributed by atoms with Crippen LogP contribution in [0.5, 0.6) is 0 Å². The van der Waals surface area contributed by atoms with Crippen molar-refractivity contribution in [3.05, 3.63) is 64.1 Å². The Hall–Kier alpha value is -1.55. The van der Waals surface area contributed by atoms with Gasteiger partial charge in [0.25, 0.3) is 5.91 Å². The molecular formula is C17H19Cl2N2O+. The van der Waals surface area contributed by atoms with E-state index in [0.717, 1.165) is 0 Å². The first-order chi connectivity index (χ1) is 10.5. The maximum atomic E-state index is 12.3. The molecule has 116 valence electrons. The number of nitrogens with one attached hydrogen (secondary N) is 1. The lowest BCUT2D eigenvalue weighted by Crippen LogP contribution is -2.91. The molecule has 0 unspecified atom stereocenters. The van der Waals surface area contributed by atoms with E-state index in [1.54, 1.807) is 18.2 Å². The van der Waals surface area contributed by atoms with Crippen LogP contribution in [0.1, 0.15) is 25.5 Å². The third-order valence-corrected chi connectivity index (χ3v) is 3.88. The van der Waals surface area contributed by atoms with Crippen LogP contribution in [0, 0.1) is 0 Å². The molecule has 2 aromatic carbocycles. The molecule has 2 aromatic rings. The van der Waals surface area contributed by atoms with Gasteiger partial charge >= 0.3 is 0 Å². The van der Waals surface area contributed by atoms with E-state index in [4.69, 9.17) is 23.2 Å². The van der Waals surface area contributed by atoms with Gasteiger partial charge in [-0.2, -0.15) is 0 Å². The summed E-state index contributed by atoms with van der Waals surface area (Å²) in [5, 5.41) is 5.86. The molecule has 1 amide bonds. The summed E-state index contributed by atoms with van der Waals surface area (Å²) in [6.45, 7) is 3.95. The predicted molar refractivity (Wildman–Crippen MR) is 91.3 cm³/mol. The van der Waals surface area contributed by atoms with E-state index in [9.17, 15) is 4.79 Å². The summed E-state index contributed by atoms with van der Waals surface area (Å²) in [6.07, 6.45) is 0. The van der Waals surface area contributed by atoms with E-state index in [1.165, 1.54) is 5.56 Å². The number of rotatable bonds is 5. The number of halogens is 2. The second kappa shape index (κ2) is 7.63. The zero-order valence-electron chi connectivity index (χ0n) is 12.5. The smallest absolute Gasteiger partial charge is 0.282 e. The van der Waals surface area contributed by atoms with Crippen molar-refractivity contribution < 1.29 is 10.1 Å². The average molecular weight is 338 g/mol. The highest BCUT2D eigenvalue weighted by molar-refractivity contribution is 6.35. The summed E-state index contributed by atoms with van der Waals surface area (Å²) < 4.78 is 0. The molecular weight excluding hydrogens is 319 g/mol. The van der Waals surface area contributed by atoms with Crippen LogP contribution in [0.15, 0.2) is 48.5 Å². The minimum Gasteiger partial charge on any atom is -0.330 e. The second-order valence-corrected chi connectivity index (χ2v) is 6.20. The van der Waals surface area contributed by atoms with Crippen molar-refractivity contribution in [2.45, 2.75) is 25.9 Å². The molecule has 0 aromatic heterocycles. The molecule has 0 aliphatic rings. The largest absolute Gasteiger partial charge is 0.330 e. The second-order valence-electron chi connectivity index (χ2n) is 5.33. The summed E-state index contributed by atoms with van der Waals surface area (Å²) >= 11 is 11.9. The minimum atomic E-state index is -0.229. The van der Waals surface area contributed by atoms with Crippen molar-refractivity contribution in [2.24, 2.45) is 0 Å². The number of benzene rings is 2. The van der Waals surface area contributed by atoms with Crippen molar-refractivity contribution in [1.29, 1.82) is 0 Å².